The number of carbonyl (C=O) groups is 1. The van der Waals surface area contributed by atoms with Crippen LogP contribution in [0.15, 0.2) is 18.3 Å². The van der Waals surface area contributed by atoms with E-state index in [0.29, 0.717) is 54.4 Å². The van der Waals surface area contributed by atoms with Crippen LogP contribution in [0, 0.1) is 11.2 Å². The van der Waals surface area contributed by atoms with Crippen LogP contribution >= 0.6 is 23.2 Å². The zero-order chi connectivity index (χ0) is 24.6. The summed E-state index contributed by atoms with van der Waals surface area (Å²) >= 11 is 12.5. The standard InChI is InChI=1S/C22H26Cl2FN7O2/c1-11(10-33)28-20-27-9-16-18(31-20)32(13-3-5-22(2,6-4-13)19(26)34)21(29-16)30-17-14(23)7-12(25)8-15(17)24/h7-9,11,13,33H,3-6,10H2,1-2H3,(H2,26,34)(H,29,30)(H,27,28,31)/t11-,13-,22-/m0/s1. The summed E-state index contributed by atoms with van der Waals surface area (Å²) in [5.41, 5.74) is 6.48. The molecule has 2 aromatic heterocycles. The molecule has 0 radical (unpaired) electrons. The van der Waals surface area contributed by atoms with Gasteiger partial charge in [-0.15, -0.1) is 0 Å². The third-order valence-electron chi connectivity index (χ3n) is 6.34. The number of aromatic nitrogens is 4. The smallest absolute Gasteiger partial charge is 0.225 e. The van der Waals surface area contributed by atoms with E-state index >= 15 is 0 Å². The maximum absolute atomic E-state index is 13.7. The van der Waals surface area contributed by atoms with Crippen molar-refractivity contribution in [1.29, 1.82) is 0 Å². The maximum atomic E-state index is 13.7. The highest BCUT2D eigenvalue weighted by Crippen LogP contribution is 2.43. The zero-order valence-corrected chi connectivity index (χ0v) is 20.3. The molecule has 2 heterocycles. The topological polar surface area (TPSA) is 131 Å². The van der Waals surface area contributed by atoms with Gasteiger partial charge in [-0.25, -0.2) is 14.4 Å². The molecule has 5 N–H and O–H groups in total. The van der Waals surface area contributed by atoms with Crippen molar-refractivity contribution >= 4 is 57.9 Å². The third-order valence-corrected chi connectivity index (χ3v) is 6.94. The predicted molar refractivity (Wildman–Crippen MR) is 130 cm³/mol. The number of hydrogen-bond acceptors (Lipinski definition) is 7. The summed E-state index contributed by atoms with van der Waals surface area (Å²) in [5.74, 6) is -0.0970. The molecular weight excluding hydrogens is 484 g/mol. The first-order chi connectivity index (χ1) is 16.1. The minimum absolute atomic E-state index is 0.0454. The van der Waals surface area contributed by atoms with Crippen LogP contribution in [-0.4, -0.2) is 43.2 Å². The van der Waals surface area contributed by atoms with Crippen molar-refractivity contribution in [3.63, 3.8) is 0 Å². The SMILES string of the molecule is C[C@@H](CO)Nc1ncc2nc(Nc3c(Cl)cc(F)cc3Cl)n([C@H]3CC[C@](C)(C(N)=O)CC3)c2n1. The molecular formula is C22H26Cl2FN7O2. The molecule has 0 saturated heterocycles. The Labute approximate surface area is 205 Å². The number of benzene rings is 1. The van der Waals surface area contributed by atoms with Crippen LogP contribution in [0.4, 0.5) is 22.0 Å². The number of fused-ring (bicyclic) bond motifs is 1. The number of halogens is 3. The first-order valence-corrected chi connectivity index (χ1v) is 11.7. The van der Waals surface area contributed by atoms with E-state index in [1.807, 2.05) is 18.4 Å². The van der Waals surface area contributed by atoms with Crippen molar-refractivity contribution in [2.75, 3.05) is 17.2 Å². The number of nitrogens with one attached hydrogen (secondary N) is 2. The molecule has 1 fully saturated rings. The highest BCUT2D eigenvalue weighted by atomic mass is 35.5. The Balaban J connectivity index is 1.78. The largest absolute Gasteiger partial charge is 0.394 e. The maximum Gasteiger partial charge on any atom is 0.225 e. The van der Waals surface area contributed by atoms with Crippen LogP contribution in [0.5, 0.6) is 0 Å². The molecule has 0 spiro atoms. The average Bonchev–Trinajstić information content (AvgIpc) is 3.14. The number of nitrogens with zero attached hydrogens (tertiary/aromatic N) is 4. The molecule has 3 aromatic rings. The van der Waals surface area contributed by atoms with Crippen molar-refractivity contribution in [3.05, 3.63) is 34.2 Å². The van der Waals surface area contributed by atoms with E-state index in [0.717, 1.165) is 0 Å². The molecule has 4 rings (SSSR count). The number of amides is 1. The summed E-state index contributed by atoms with van der Waals surface area (Å²) in [6, 6.07) is 2.05. The number of aliphatic hydroxyl groups is 1. The van der Waals surface area contributed by atoms with Crippen molar-refractivity contribution in [3.8, 4) is 0 Å². The predicted octanol–water partition coefficient (Wildman–Crippen LogP) is 4.42. The van der Waals surface area contributed by atoms with Gasteiger partial charge in [-0.2, -0.15) is 4.98 Å². The summed E-state index contributed by atoms with van der Waals surface area (Å²) < 4.78 is 15.6. The molecule has 9 nitrogen and oxygen atoms in total. The fourth-order valence-electron chi connectivity index (χ4n) is 4.18. The lowest BCUT2D eigenvalue weighted by Gasteiger charge is -2.35. The van der Waals surface area contributed by atoms with Crippen LogP contribution in [0.2, 0.25) is 10.0 Å². The van der Waals surface area contributed by atoms with Crippen LogP contribution < -0.4 is 16.4 Å². The summed E-state index contributed by atoms with van der Waals surface area (Å²) in [4.78, 5) is 25.5. The van der Waals surface area contributed by atoms with Crippen molar-refractivity contribution < 1.29 is 14.3 Å². The lowest BCUT2D eigenvalue weighted by atomic mass is 9.73. The van der Waals surface area contributed by atoms with Gasteiger partial charge >= 0.3 is 0 Å². The second kappa shape index (κ2) is 9.52. The van der Waals surface area contributed by atoms with Gasteiger partial charge in [0.15, 0.2) is 5.65 Å². The van der Waals surface area contributed by atoms with E-state index in [9.17, 15) is 14.3 Å². The first kappa shape index (κ1) is 24.4. The van der Waals surface area contributed by atoms with Gasteiger partial charge in [0, 0.05) is 17.5 Å². The zero-order valence-electron chi connectivity index (χ0n) is 18.8. The number of anilines is 3. The van der Waals surface area contributed by atoms with E-state index in [1.165, 1.54) is 12.1 Å². The fraction of sp³-hybridized carbons (Fsp3) is 0.455. The number of imidazole rings is 1. The van der Waals surface area contributed by atoms with Gasteiger partial charge < -0.3 is 21.5 Å². The lowest BCUT2D eigenvalue weighted by molar-refractivity contribution is -0.128. The number of hydrogen-bond donors (Lipinski definition) is 4. The minimum Gasteiger partial charge on any atom is -0.394 e. The molecule has 0 bridgehead atoms. The number of carbonyl (C=O) groups excluding carboxylic acids is 1. The monoisotopic (exact) mass is 509 g/mol. The molecule has 34 heavy (non-hydrogen) atoms. The Bertz CT molecular complexity index is 1200. The molecule has 182 valence electrons. The molecule has 1 saturated carbocycles. The van der Waals surface area contributed by atoms with Gasteiger partial charge in [-0.1, -0.05) is 30.1 Å². The van der Waals surface area contributed by atoms with E-state index in [4.69, 9.17) is 28.9 Å². The Kier molecular flexibility index (Phi) is 6.84. The van der Waals surface area contributed by atoms with E-state index < -0.39 is 11.2 Å². The molecule has 1 amide bonds. The fourth-order valence-corrected chi connectivity index (χ4v) is 4.73. The van der Waals surface area contributed by atoms with E-state index in [-0.39, 0.29) is 34.6 Å². The second-order valence-electron chi connectivity index (χ2n) is 8.96. The highest BCUT2D eigenvalue weighted by molar-refractivity contribution is 6.39. The Morgan fingerprint density at radius 3 is 2.56 bits per heavy atom. The van der Waals surface area contributed by atoms with Crippen molar-refractivity contribution in [1.82, 2.24) is 19.5 Å². The van der Waals surface area contributed by atoms with Gasteiger partial charge in [-0.3, -0.25) is 9.36 Å². The van der Waals surface area contributed by atoms with Crippen LogP contribution in [0.3, 0.4) is 0 Å². The van der Waals surface area contributed by atoms with Gasteiger partial charge in [0.1, 0.15) is 11.3 Å². The van der Waals surface area contributed by atoms with Crippen molar-refractivity contribution in [2.24, 2.45) is 11.1 Å². The third kappa shape index (κ3) is 4.75. The molecule has 0 unspecified atom stereocenters. The quantitative estimate of drug-likeness (QED) is 0.370. The Morgan fingerprint density at radius 2 is 1.97 bits per heavy atom. The van der Waals surface area contributed by atoms with E-state index in [2.05, 4.69) is 25.6 Å². The summed E-state index contributed by atoms with van der Waals surface area (Å²) in [6.45, 7) is 3.61. The highest BCUT2D eigenvalue weighted by Gasteiger charge is 2.37. The van der Waals surface area contributed by atoms with Gasteiger partial charge in [-0.05, 0) is 44.7 Å². The molecule has 0 aliphatic heterocycles. The van der Waals surface area contributed by atoms with Crippen molar-refractivity contribution in [2.45, 2.75) is 51.6 Å². The summed E-state index contributed by atoms with van der Waals surface area (Å²) in [6.07, 6.45) is 4.15. The molecule has 1 aromatic carbocycles. The second-order valence-corrected chi connectivity index (χ2v) is 9.78. The molecule has 1 aliphatic carbocycles. The number of primary amides is 1. The molecule has 1 atom stereocenters. The number of rotatable bonds is 7. The van der Waals surface area contributed by atoms with Crippen LogP contribution in [-0.2, 0) is 4.79 Å². The normalized spacial score (nSPS) is 21.4. The molecule has 12 heteroatoms. The Hall–Kier alpha value is -2.69. The van der Waals surface area contributed by atoms with Crippen LogP contribution in [0.25, 0.3) is 11.2 Å². The van der Waals surface area contributed by atoms with Gasteiger partial charge in [0.2, 0.25) is 17.8 Å². The van der Waals surface area contributed by atoms with Crippen LogP contribution in [0.1, 0.15) is 45.6 Å². The lowest BCUT2D eigenvalue weighted by Crippen LogP contribution is -2.38. The number of aliphatic hydroxyl groups excluding tert-OH is 1. The molecule has 1 aliphatic rings. The summed E-state index contributed by atoms with van der Waals surface area (Å²) in [5, 5.41) is 15.8. The average molecular weight is 510 g/mol. The van der Waals surface area contributed by atoms with Gasteiger partial charge in [0.25, 0.3) is 0 Å². The van der Waals surface area contributed by atoms with Gasteiger partial charge in [0.05, 0.1) is 28.5 Å². The number of nitrogens with two attached hydrogens (primary N) is 1. The Morgan fingerprint density at radius 1 is 1.32 bits per heavy atom. The first-order valence-electron chi connectivity index (χ1n) is 10.9. The minimum atomic E-state index is -0.567. The summed E-state index contributed by atoms with van der Waals surface area (Å²) in [7, 11) is 0. The van der Waals surface area contributed by atoms with E-state index in [1.54, 1.807) is 6.20 Å².